The van der Waals surface area contributed by atoms with Crippen LogP contribution in [0.5, 0.6) is 0 Å². The Labute approximate surface area is 102 Å². The minimum atomic E-state index is 0.804. The molecule has 4 nitrogen and oxygen atoms in total. The Kier molecular flexibility index (Phi) is 3.88. The highest BCUT2D eigenvalue weighted by atomic mass is 15.2. The van der Waals surface area contributed by atoms with Gasteiger partial charge in [-0.15, -0.1) is 0 Å². The van der Waals surface area contributed by atoms with Gasteiger partial charge in [0.25, 0.3) is 0 Å². The molecule has 90 valence electrons. The molecule has 0 saturated carbocycles. The van der Waals surface area contributed by atoms with Gasteiger partial charge in [-0.25, -0.2) is 0 Å². The second-order valence-corrected chi connectivity index (χ2v) is 4.09. The molecule has 0 atom stereocenters. The fourth-order valence-electron chi connectivity index (χ4n) is 1.84. The number of rotatable bonds is 5. The molecule has 0 amide bonds. The molecule has 4 heteroatoms. The van der Waals surface area contributed by atoms with Crippen molar-refractivity contribution >= 4 is 0 Å². The average Bonchev–Trinajstić information content (AvgIpc) is 2.76. The Morgan fingerprint density at radius 1 is 1.35 bits per heavy atom. The fraction of sp³-hybridized carbons (Fsp3) is 0.385. The maximum Gasteiger partial charge on any atom is 0.0573 e. The summed E-state index contributed by atoms with van der Waals surface area (Å²) in [6.45, 7) is 3.79. The van der Waals surface area contributed by atoms with Crippen LogP contribution in [-0.2, 0) is 26.6 Å². The summed E-state index contributed by atoms with van der Waals surface area (Å²) >= 11 is 0. The third-order valence-corrected chi connectivity index (χ3v) is 2.75. The van der Waals surface area contributed by atoms with E-state index in [1.165, 1.54) is 11.1 Å². The van der Waals surface area contributed by atoms with Gasteiger partial charge in [0.2, 0.25) is 0 Å². The summed E-state index contributed by atoms with van der Waals surface area (Å²) < 4.78 is 1.81. The zero-order valence-electron chi connectivity index (χ0n) is 10.3. The Morgan fingerprint density at radius 3 is 2.94 bits per heavy atom. The van der Waals surface area contributed by atoms with Crippen LogP contribution < -0.4 is 5.32 Å². The third kappa shape index (κ3) is 3.14. The van der Waals surface area contributed by atoms with Crippen molar-refractivity contribution in [1.82, 2.24) is 20.1 Å². The highest BCUT2D eigenvalue weighted by Gasteiger charge is 2.01. The summed E-state index contributed by atoms with van der Waals surface area (Å²) in [4.78, 5) is 4.40. The molecule has 0 spiro atoms. The number of aromatic nitrogens is 3. The van der Waals surface area contributed by atoms with Gasteiger partial charge < -0.3 is 5.32 Å². The molecule has 0 unspecified atom stereocenters. The predicted molar refractivity (Wildman–Crippen MR) is 67.4 cm³/mol. The molecule has 2 aromatic rings. The van der Waals surface area contributed by atoms with Crippen LogP contribution in [0.15, 0.2) is 30.7 Å². The molecule has 0 bridgehead atoms. The first-order chi connectivity index (χ1) is 8.29. The number of pyridine rings is 1. The molecule has 0 aliphatic heterocycles. The molecule has 0 radical (unpaired) electrons. The number of nitrogens with one attached hydrogen (secondary N) is 1. The molecule has 17 heavy (non-hydrogen) atoms. The molecular weight excluding hydrogens is 212 g/mol. The highest BCUT2D eigenvalue weighted by molar-refractivity contribution is 5.19. The summed E-state index contributed by atoms with van der Waals surface area (Å²) in [6.07, 6.45) is 6.77. The van der Waals surface area contributed by atoms with Crippen molar-refractivity contribution < 1.29 is 0 Å². The van der Waals surface area contributed by atoms with Crippen molar-refractivity contribution in [2.45, 2.75) is 26.4 Å². The van der Waals surface area contributed by atoms with Crippen LogP contribution in [0, 0.1) is 0 Å². The first kappa shape index (κ1) is 11.8. The van der Waals surface area contributed by atoms with Gasteiger partial charge in [-0.3, -0.25) is 9.67 Å². The van der Waals surface area contributed by atoms with Gasteiger partial charge in [-0.1, -0.05) is 13.0 Å². The number of aryl methyl sites for hydroxylation is 2. The SMILES string of the molecule is CCc1cccnc1CNCc1cnn(C)c1. The zero-order chi connectivity index (χ0) is 12.1. The van der Waals surface area contributed by atoms with E-state index in [9.17, 15) is 0 Å². The van der Waals surface area contributed by atoms with Crippen LogP contribution in [0.1, 0.15) is 23.7 Å². The van der Waals surface area contributed by atoms with Gasteiger partial charge in [0.1, 0.15) is 0 Å². The minimum Gasteiger partial charge on any atom is -0.307 e. The molecule has 2 aromatic heterocycles. The molecule has 2 rings (SSSR count). The van der Waals surface area contributed by atoms with Crippen LogP contribution in [-0.4, -0.2) is 14.8 Å². The molecule has 0 aliphatic rings. The standard InChI is InChI=1S/C13H18N4/c1-3-12-5-4-6-15-13(12)9-14-7-11-8-16-17(2)10-11/h4-6,8,10,14H,3,7,9H2,1-2H3. The first-order valence-electron chi connectivity index (χ1n) is 5.90. The maximum absolute atomic E-state index is 4.40. The van der Waals surface area contributed by atoms with Gasteiger partial charge in [-0.2, -0.15) is 5.10 Å². The van der Waals surface area contributed by atoms with Gasteiger partial charge in [0.05, 0.1) is 11.9 Å². The highest BCUT2D eigenvalue weighted by Crippen LogP contribution is 2.06. The number of hydrogen-bond acceptors (Lipinski definition) is 3. The van der Waals surface area contributed by atoms with Crippen molar-refractivity contribution in [1.29, 1.82) is 0 Å². The lowest BCUT2D eigenvalue weighted by molar-refractivity contribution is 0.672. The Morgan fingerprint density at radius 2 is 2.24 bits per heavy atom. The van der Waals surface area contributed by atoms with Gasteiger partial charge in [0.15, 0.2) is 0 Å². The Bertz CT molecular complexity index is 476. The van der Waals surface area contributed by atoms with E-state index in [4.69, 9.17) is 0 Å². The summed E-state index contributed by atoms with van der Waals surface area (Å²) in [5, 5.41) is 7.53. The largest absolute Gasteiger partial charge is 0.307 e. The summed E-state index contributed by atoms with van der Waals surface area (Å²) in [7, 11) is 1.93. The lowest BCUT2D eigenvalue weighted by atomic mass is 10.1. The molecule has 2 heterocycles. The lowest BCUT2D eigenvalue weighted by Crippen LogP contribution is -2.14. The van der Waals surface area contributed by atoms with Crippen LogP contribution in [0.3, 0.4) is 0 Å². The van der Waals surface area contributed by atoms with Gasteiger partial charge in [-0.05, 0) is 18.1 Å². The normalized spacial score (nSPS) is 10.7. The van der Waals surface area contributed by atoms with E-state index in [0.717, 1.165) is 25.2 Å². The molecular formula is C13H18N4. The average molecular weight is 230 g/mol. The van der Waals surface area contributed by atoms with E-state index >= 15 is 0 Å². The topological polar surface area (TPSA) is 42.7 Å². The lowest BCUT2D eigenvalue weighted by Gasteiger charge is -2.07. The smallest absolute Gasteiger partial charge is 0.0573 e. The van der Waals surface area contributed by atoms with Gasteiger partial charge >= 0.3 is 0 Å². The van der Waals surface area contributed by atoms with Crippen LogP contribution in [0.2, 0.25) is 0 Å². The van der Waals surface area contributed by atoms with E-state index in [1.54, 1.807) is 0 Å². The number of nitrogens with zero attached hydrogens (tertiary/aromatic N) is 3. The maximum atomic E-state index is 4.40. The van der Waals surface area contributed by atoms with E-state index in [1.807, 2.05) is 36.4 Å². The van der Waals surface area contributed by atoms with Crippen molar-refractivity contribution in [3.05, 3.63) is 47.5 Å². The molecule has 0 aromatic carbocycles. The van der Waals surface area contributed by atoms with E-state index in [0.29, 0.717) is 0 Å². The minimum absolute atomic E-state index is 0.804. The molecule has 0 fully saturated rings. The van der Waals surface area contributed by atoms with Gasteiger partial charge in [0, 0.05) is 38.1 Å². The first-order valence-corrected chi connectivity index (χ1v) is 5.90. The van der Waals surface area contributed by atoms with Crippen molar-refractivity contribution in [2.75, 3.05) is 0 Å². The van der Waals surface area contributed by atoms with Crippen LogP contribution in [0.4, 0.5) is 0 Å². The fourth-order valence-corrected chi connectivity index (χ4v) is 1.84. The van der Waals surface area contributed by atoms with E-state index in [-0.39, 0.29) is 0 Å². The van der Waals surface area contributed by atoms with Crippen molar-refractivity contribution in [3.8, 4) is 0 Å². The second-order valence-electron chi connectivity index (χ2n) is 4.09. The number of hydrogen-bond donors (Lipinski definition) is 1. The zero-order valence-corrected chi connectivity index (χ0v) is 10.3. The Hall–Kier alpha value is -1.68. The predicted octanol–water partition coefficient (Wildman–Crippen LogP) is 1.67. The quantitative estimate of drug-likeness (QED) is 0.849. The van der Waals surface area contributed by atoms with E-state index in [2.05, 4.69) is 28.4 Å². The second kappa shape index (κ2) is 5.59. The summed E-state index contributed by atoms with van der Waals surface area (Å²) in [6, 6.07) is 4.12. The Balaban J connectivity index is 1.89. The monoisotopic (exact) mass is 230 g/mol. The van der Waals surface area contributed by atoms with Crippen molar-refractivity contribution in [3.63, 3.8) is 0 Å². The van der Waals surface area contributed by atoms with Crippen molar-refractivity contribution in [2.24, 2.45) is 7.05 Å². The van der Waals surface area contributed by atoms with Crippen LogP contribution in [0.25, 0.3) is 0 Å². The summed E-state index contributed by atoms with van der Waals surface area (Å²) in [5.74, 6) is 0. The van der Waals surface area contributed by atoms with E-state index < -0.39 is 0 Å². The molecule has 0 saturated heterocycles. The third-order valence-electron chi connectivity index (χ3n) is 2.75. The molecule has 0 aliphatic carbocycles. The summed E-state index contributed by atoms with van der Waals surface area (Å²) in [5.41, 5.74) is 3.64. The van der Waals surface area contributed by atoms with Crippen LogP contribution >= 0.6 is 0 Å². The molecule has 1 N–H and O–H groups in total.